The van der Waals surface area contributed by atoms with Crippen LogP contribution in [0.2, 0.25) is 0 Å². The molecular weight excluding hydrogens is 166 g/mol. The van der Waals surface area contributed by atoms with Crippen molar-refractivity contribution >= 4 is 11.6 Å². The smallest absolute Gasteiger partial charge is 0.226 e. The topological polar surface area (TPSA) is 68.0 Å². The molecule has 0 aliphatic carbocycles. The summed E-state index contributed by atoms with van der Waals surface area (Å²) in [5.74, 6) is -0.515. The second-order valence-electron chi connectivity index (χ2n) is 3.11. The molecule has 68 valence electrons. The molecule has 0 fully saturated rings. The normalized spacial score (nSPS) is 20.2. The lowest BCUT2D eigenvalue weighted by atomic mass is 9.95. The Bertz CT molecular complexity index is 337. The average molecular weight is 177 g/mol. The molecule has 4 heteroatoms. The summed E-state index contributed by atoms with van der Waals surface area (Å²) in [7, 11) is 0. The molecule has 2 rings (SSSR count). The van der Waals surface area contributed by atoms with Crippen LogP contribution < -0.4 is 11.1 Å². The van der Waals surface area contributed by atoms with Crippen LogP contribution in [0.3, 0.4) is 0 Å². The standard InChI is InChI=1S/C9H11N3O/c10-9(13)6-3-5-11-7-2-1-4-12-8(6)7/h1-2,4,6,11H,3,5H2,(H2,10,13). The summed E-state index contributed by atoms with van der Waals surface area (Å²) in [4.78, 5) is 15.2. The van der Waals surface area contributed by atoms with Crippen LogP contribution in [0.25, 0.3) is 0 Å². The van der Waals surface area contributed by atoms with E-state index in [2.05, 4.69) is 10.3 Å². The third-order valence-corrected chi connectivity index (χ3v) is 2.26. The molecule has 1 unspecified atom stereocenters. The summed E-state index contributed by atoms with van der Waals surface area (Å²) >= 11 is 0. The second-order valence-corrected chi connectivity index (χ2v) is 3.11. The number of hydrogen-bond acceptors (Lipinski definition) is 3. The molecule has 0 radical (unpaired) electrons. The average Bonchev–Trinajstić information content (AvgIpc) is 2.17. The second kappa shape index (κ2) is 3.05. The Morgan fingerprint density at radius 2 is 2.54 bits per heavy atom. The molecule has 1 aliphatic rings. The van der Waals surface area contributed by atoms with Crippen LogP contribution in [0.4, 0.5) is 5.69 Å². The quantitative estimate of drug-likeness (QED) is 0.655. The Labute approximate surface area is 76.2 Å². The van der Waals surface area contributed by atoms with E-state index >= 15 is 0 Å². The monoisotopic (exact) mass is 177 g/mol. The first-order valence-corrected chi connectivity index (χ1v) is 4.27. The zero-order chi connectivity index (χ0) is 9.26. The van der Waals surface area contributed by atoms with E-state index < -0.39 is 0 Å². The van der Waals surface area contributed by atoms with Gasteiger partial charge in [-0.25, -0.2) is 0 Å². The highest BCUT2D eigenvalue weighted by molar-refractivity contribution is 5.83. The van der Waals surface area contributed by atoms with E-state index in [1.54, 1.807) is 6.20 Å². The molecule has 2 heterocycles. The van der Waals surface area contributed by atoms with Gasteiger partial charge in [-0.3, -0.25) is 9.78 Å². The number of rotatable bonds is 1. The van der Waals surface area contributed by atoms with Gasteiger partial charge in [-0.15, -0.1) is 0 Å². The third-order valence-electron chi connectivity index (χ3n) is 2.26. The summed E-state index contributed by atoms with van der Waals surface area (Å²) in [6.07, 6.45) is 2.42. The highest BCUT2D eigenvalue weighted by Gasteiger charge is 2.25. The Kier molecular flexibility index (Phi) is 1.88. The SMILES string of the molecule is NC(=O)C1CCNc2cccnc21. The van der Waals surface area contributed by atoms with Crippen molar-refractivity contribution in [1.29, 1.82) is 0 Å². The van der Waals surface area contributed by atoms with Gasteiger partial charge in [0.05, 0.1) is 17.3 Å². The van der Waals surface area contributed by atoms with Gasteiger partial charge < -0.3 is 11.1 Å². The molecule has 3 N–H and O–H groups in total. The molecule has 0 saturated heterocycles. The van der Waals surface area contributed by atoms with E-state index in [1.807, 2.05) is 12.1 Å². The molecule has 0 saturated carbocycles. The zero-order valence-corrected chi connectivity index (χ0v) is 7.16. The van der Waals surface area contributed by atoms with Gasteiger partial charge in [-0.1, -0.05) is 0 Å². The van der Waals surface area contributed by atoms with E-state index in [0.29, 0.717) is 0 Å². The van der Waals surface area contributed by atoms with Crippen molar-refractivity contribution in [3.05, 3.63) is 24.0 Å². The van der Waals surface area contributed by atoms with Crippen LogP contribution in [0, 0.1) is 0 Å². The van der Waals surface area contributed by atoms with Gasteiger partial charge in [0, 0.05) is 12.7 Å². The highest BCUT2D eigenvalue weighted by Crippen LogP contribution is 2.28. The molecule has 0 bridgehead atoms. The molecule has 4 nitrogen and oxygen atoms in total. The minimum absolute atomic E-state index is 0.225. The van der Waals surface area contributed by atoms with Crippen LogP contribution in [0.1, 0.15) is 18.0 Å². The fourth-order valence-electron chi connectivity index (χ4n) is 1.61. The van der Waals surface area contributed by atoms with Gasteiger partial charge in [0.1, 0.15) is 0 Å². The van der Waals surface area contributed by atoms with E-state index in [4.69, 9.17) is 5.73 Å². The zero-order valence-electron chi connectivity index (χ0n) is 7.16. The number of carbonyl (C=O) groups excluding carboxylic acids is 1. The summed E-state index contributed by atoms with van der Waals surface area (Å²) in [5, 5.41) is 3.18. The molecule has 1 amide bonds. The van der Waals surface area contributed by atoms with E-state index in [9.17, 15) is 4.79 Å². The van der Waals surface area contributed by atoms with Gasteiger partial charge in [-0.2, -0.15) is 0 Å². The molecule has 1 aromatic heterocycles. The maximum Gasteiger partial charge on any atom is 0.226 e. The minimum Gasteiger partial charge on any atom is -0.384 e. The van der Waals surface area contributed by atoms with E-state index in [0.717, 1.165) is 24.3 Å². The Morgan fingerprint density at radius 3 is 3.31 bits per heavy atom. The first kappa shape index (κ1) is 8.04. The minimum atomic E-state index is -0.290. The number of pyridine rings is 1. The van der Waals surface area contributed by atoms with Crippen LogP contribution in [0.15, 0.2) is 18.3 Å². The number of amides is 1. The molecule has 1 aliphatic heterocycles. The van der Waals surface area contributed by atoms with Gasteiger partial charge in [0.2, 0.25) is 5.91 Å². The van der Waals surface area contributed by atoms with Crippen LogP contribution in [-0.4, -0.2) is 17.4 Å². The van der Waals surface area contributed by atoms with Crippen molar-refractivity contribution in [2.45, 2.75) is 12.3 Å². The lowest BCUT2D eigenvalue weighted by Gasteiger charge is -2.22. The number of carbonyl (C=O) groups is 1. The van der Waals surface area contributed by atoms with Crippen molar-refractivity contribution in [1.82, 2.24) is 4.98 Å². The van der Waals surface area contributed by atoms with Crippen molar-refractivity contribution in [2.75, 3.05) is 11.9 Å². The van der Waals surface area contributed by atoms with Crippen molar-refractivity contribution in [3.63, 3.8) is 0 Å². The predicted molar refractivity (Wildman–Crippen MR) is 49.3 cm³/mol. The third kappa shape index (κ3) is 1.35. The number of anilines is 1. The summed E-state index contributed by atoms with van der Waals surface area (Å²) in [5.41, 5.74) is 6.98. The number of aromatic nitrogens is 1. The van der Waals surface area contributed by atoms with Gasteiger partial charge in [0.25, 0.3) is 0 Å². The number of fused-ring (bicyclic) bond motifs is 1. The molecule has 0 aromatic carbocycles. The van der Waals surface area contributed by atoms with Gasteiger partial charge in [0.15, 0.2) is 0 Å². The Balaban J connectivity index is 2.42. The van der Waals surface area contributed by atoms with E-state index in [-0.39, 0.29) is 11.8 Å². The van der Waals surface area contributed by atoms with Gasteiger partial charge >= 0.3 is 0 Å². The molecular formula is C9H11N3O. The number of nitrogens with one attached hydrogen (secondary N) is 1. The summed E-state index contributed by atoms with van der Waals surface area (Å²) < 4.78 is 0. The first-order valence-electron chi connectivity index (χ1n) is 4.27. The molecule has 1 aromatic rings. The largest absolute Gasteiger partial charge is 0.384 e. The number of nitrogens with two attached hydrogens (primary N) is 1. The van der Waals surface area contributed by atoms with Crippen molar-refractivity contribution < 1.29 is 4.79 Å². The van der Waals surface area contributed by atoms with Crippen LogP contribution >= 0.6 is 0 Å². The Morgan fingerprint density at radius 1 is 1.69 bits per heavy atom. The first-order chi connectivity index (χ1) is 6.29. The van der Waals surface area contributed by atoms with Crippen molar-refractivity contribution in [3.8, 4) is 0 Å². The molecule has 1 atom stereocenters. The fourth-order valence-corrected chi connectivity index (χ4v) is 1.61. The number of hydrogen-bond donors (Lipinski definition) is 2. The number of primary amides is 1. The molecule has 0 spiro atoms. The fraction of sp³-hybridized carbons (Fsp3) is 0.333. The summed E-state index contributed by atoms with van der Waals surface area (Å²) in [6, 6.07) is 3.76. The maximum atomic E-state index is 11.1. The van der Waals surface area contributed by atoms with Gasteiger partial charge in [-0.05, 0) is 18.6 Å². The van der Waals surface area contributed by atoms with Crippen LogP contribution in [0.5, 0.6) is 0 Å². The molecule has 13 heavy (non-hydrogen) atoms. The lowest BCUT2D eigenvalue weighted by molar-refractivity contribution is -0.119. The highest BCUT2D eigenvalue weighted by atomic mass is 16.1. The van der Waals surface area contributed by atoms with E-state index in [1.165, 1.54) is 0 Å². The summed E-state index contributed by atoms with van der Waals surface area (Å²) in [6.45, 7) is 0.784. The Hall–Kier alpha value is -1.58. The van der Waals surface area contributed by atoms with Crippen molar-refractivity contribution in [2.24, 2.45) is 5.73 Å². The van der Waals surface area contributed by atoms with Crippen LogP contribution in [-0.2, 0) is 4.79 Å². The predicted octanol–water partition coefficient (Wildman–Crippen LogP) is 0.466. The lowest BCUT2D eigenvalue weighted by Crippen LogP contribution is -2.28. The number of nitrogens with zero attached hydrogens (tertiary/aromatic N) is 1. The maximum absolute atomic E-state index is 11.1.